The van der Waals surface area contributed by atoms with Crippen LogP contribution in [0.5, 0.6) is 0 Å². The van der Waals surface area contributed by atoms with Gasteiger partial charge in [-0.05, 0) is 64.5 Å². The molecule has 0 spiro atoms. The Balaban J connectivity index is 1.26. The summed E-state index contributed by atoms with van der Waals surface area (Å²) < 4.78 is 54.1. The number of hydrogen-bond acceptors (Lipinski definition) is 10. The molecule has 238 valence electrons. The molecule has 1 aliphatic heterocycles. The van der Waals surface area contributed by atoms with Crippen LogP contribution in [0.3, 0.4) is 0 Å². The number of rotatable bonds is 5. The van der Waals surface area contributed by atoms with Gasteiger partial charge in [0.25, 0.3) is 5.56 Å². The number of ketones is 2. The lowest BCUT2D eigenvalue weighted by Gasteiger charge is -2.62. The minimum absolute atomic E-state index is 0.165. The number of allylic oxidation sites excluding steroid dienone is 4. The third kappa shape index (κ3) is 4.06. The summed E-state index contributed by atoms with van der Waals surface area (Å²) in [6, 6.07) is 0. The molecule has 1 aromatic rings. The van der Waals surface area contributed by atoms with Gasteiger partial charge in [-0.2, -0.15) is 4.39 Å². The minimum Gasteiger partial charge on any atom is -0.426 e. The second kappa shape index (κ2) is 9.75. The van der Waals surface area contributed by atoms with Crippen LogP contribution in [0.25, 0.3) is 0 Å². The fourth-order valence-corrected chi connectivity index (χ4v) is 8.78. The average molecular weight is 621 g/mol. The van der Waals surface area contributed by atoms with E-state index in [0.717, 1.165) is 0 Å². The molecule has 2 heterocycles. The Morgan fingerprint density at radius 2 is 1.89 bits per heavy atom. The number of halogens is 2. The number of Topliss-reactive ketones (excluding diaryl/α,β-unsaturated/α-hetero) is 1. The second-order valence-corrected chi connectivity index (χ2v) is 13.3. The van der Waals surface area contributed by atoms with E-state index in [1.807, 2.05) is 0 Å². The van der Waals surface area contributed by atoms with Crippen molar-refractivity contribution in [2.45, 2.75) is 89.4 Å². The van der Waals surface area contributed by atoms with E-state index in [1.54, 1.807) is 38.8 Å². The number of fused-ring (bicyclic) bond motifs is 7. The number of ether oxygens (including phenoxy) is 4. The predicted octanol–water partition coefficient (Wildman–Crippen LogP) is 2.23. The van der Waals surface area contributed by atoms with Crippen LogP contribution in [0.4, 0.5) is 13.6 Å². The highest BCUT2D eigenvalue weighted by atomic mass is 19.1. The molecular weight excluding hydrogens is 586 g/mol. The lowest BCUT2D eigenvalue weighted by atomic mass is 9.44. The van der Waals surface area contributed by atoms with Crippen LogP contribution in [-0.2, 0) is 35.3 Å². The first-order valence-corrected chi connectivity index (χ1v) is 14.5. The lowest BCUT2D eigenvalue weighted by molar-refractivity contribution is -0.246. The largest absolute Gasteiger partial charge is 0.510 e. The van der Waals surface area contributed by atoms with Gasteiger partial charge in [-0.25, -0.2) is 14.0 Å². The maximum absolute atomic E-state index is 17.5. The van der Waals surface area contributed by atoms with Crippen molar-refractivity contribution in [3.63, 3.8) is 0 Å². The van der Waals surface area contributed by atoms with E-state index in [4.69, 9.17) is 18.9 Å². The van der Waals surface area contributed by atoms with Crippen molar-refractivity contribution in [1.82, 2.24) is 9.55 Å². The summed E-state index contributed by atoms with van der Waals surface area (Å²) in [6.45, 7) is 5.10. The molecule has 1 aromatic heterocycles. The molecule has 5 aliphatic rings. The lowest BCUT2D eigenvalue weighted by Crippen LogP contribution is -2.70. The zero-order valence-corrected chi connectivity index (χ0v) is 24.7. The van der Waals surface area contributed by atoms with Crippen molar-refractivity contribution < 1.29 is 47.2 Å². The molecule has 4 fully saturated rings. The first-order chi connectivity index (χ1) is 20.5. The highest BCUT2D eigenvalue weighted by Gasteiger charge is 2.80. The number of hydrogen-bond donors (Lipinski definition) is 2. The van der Waals surface area contributed by atoms with E-state index < -0.39 is 94.3 Å². The Hall–Kier alpha value is -3.49. The van der Waals surface area contributed by atoms with Crippen molar-refractivity contribution >= 4 is 17.7 Å². The molecule has 8 atom stereocenters. The number of alkyl halides is 1. The van der Waals surface area contributed by atoms with Crippen molar-refractivity contribution in [3.8, 4) is 0 Å². The topological polar surface area (TPSA) is 163 Å². The van der Waals surface area contributed by atoms with E-state index in [0.29, 0.717) is 29.2 Å². The number of nitrogens with zero attached hydrogens (tertiary/aromatic N) is 1. The van der Waals surface area contributed by atoms with E-state index in [9.17, 15) is 33.5 Å². The number of aliphatic hydroxyl groups is 1. The Bertz CT molecular complexity index is 1630. The van der Waals surface area contributed by atoms with Crippen molar-refractivity contribution in [1.29, 1.82) is 0 Å². The first kappa shape index (κ1) is 30.5. The van der Waals surface area contributed by atoms with E-state index in [1.165, 1.54) is 12.2 Å². The molecule has 0 amide bonds. The van der Waals surface area contributed by atoms with Crippen LogP contribution in [0.15, 0.2) is 39.6 Å². The summed E-state index contributed by atoms with van der Waals surface area (Å²) in [5.41, 5.74) is -7.83. The van der Waals surface area contributed by atoms with Crippen LogP contribution in [0.1, 0.15) is 53.4 Å². The monoisotopic (exact) mass is 620 g/mol. The zero-order valence-electron chi connectivity index (χ0n) is 24.7. The van der Waals surface area contributed by atoms with Gasteiger partial charge >= 0.3 is 11.8 Å². The molecule has 6 rings (SSSR count). The second-order valence-electron chi connectivity index (χ2n) is 13.3. The van der Waals surface area contributed by atoms with Gasteiger partial charge < -0.3 is 24.1 Å². The Labute approximate surface area is 250 Å². The van der Waals surface area contributed by atoms with Crippen LogP contribution >= 0.6 is 0 Å². The van der Waals surface area contributed by atoms with Crippen molar-refractivity contribution in [2.75, 3.05) is 6.61 Å². The average Bonchev–Trinajstić information content (AvgIpc) is 3.35. The van der Waals surface area contributed by atoms with Gasteiger partial charge in [-0.3, -0.25) is 23.9 Å². The van der Waals surface area contributed by atoms with E-state index >= 15 is 4.39 Å². The van der Waals surface area contributed by atoms with Gasteiger partial charge in [0.15, 0.2) is 36.2 Å². The SMILES string of the molecule is CC1(C)O[C@@H]2C[C@H]3[C@@H]4CCC5=CC(=O)C=C[C@]5(C)[C@@]4(F)[C@@H](O)C[C@]3(C)[C@]2(C(=O)COC(=O)OCn2cc(F)c(=O)[nH]c2=O)O1. The van der Waals surface area contributed by atoms with Gasteiger partial charge in [-0.15, -0.1) is 0 Å². The number of aromatic nitrogens is 2. The highest BCUT2D eigenvalue weighted by molar-refractivity contribution is 6.01. The fourth-order valence-electron chi connectivity index (χ4n) is 8.78. The normalized spacial score (nSPS) is 39.9. The summed E-state index contributed by atoms with van der Waals surface area (Å²) in [6.07, 6.45) is 2.01. The molecule has 0 unspecified atom stereocenters. The molecule has 2 N–H and O–H groups in total. The molecule has 3 saturated carbocycles. The first-order valence-electron chi connectivity index (χ1n) is 14.5. The maximum atomic E-state index is 17.5. The molecule has 4 aliphatic carbocycles. The minimum atomic E-state index is -2.13. The van der Waals surface area contributed by atoms with Gasteiger partial charge in [-0.1, -0.05) is 18.6 Å². The zero-order chi connectivity index (χ0) is 32.0. The smallest absolute Gasteiger partial charge is 0.426 e. The van der Waals surface area contributed by atoms with Crippen molar-refractivity contribution in [3.05, 3.63) is 56.7 Å². The van der Waals surface area contributed by atoms with Gasteiger partial charge in [0.2, 0.25) is 11.6 Å². The molecule has 0 radical (unpaired) electrons. The number of aromatic amines is 1. The third-order valence-electron chi connectivity index (χ3n) is 10.7. The number of carbonyl (C=O) groups is 3. The quantitative estimate of drug-likeness (QED) is 0.467. The number of carbonyl (C=O) groups excluding carboxylic acids is 3. The molecule has 44 heavy (non-hydrogen) atoms. The van der Waals surface area contributed by atoms with Crippen LogP contribution in [0, 0.1) is 28.5 Å². The Kier molecular flexibility index (Phi) is 6.77. The standard InChI is InChI=1S/C30H34F2N2O10/c1-26(2)43-22-10-18-17-6-5-15-9-16(35)7-8-27(15,3)29(17,32)20(36)11-28(18,4)30(22,44-26)21(37)13-41-25(40)42-14-34-12-19(31)23(38)33-24(34)39/h7-9,12,17-18,20,22,36H,5-6,10-11,13-14H2,1-4H3,(H,33,38,39)/t17-,18-,20-,22+,27-,28-,29-,30+/m0/s1. The Morgan fingerprint density at radius 3 is 2.61 bits per heavy atom. The van der Waals surface area contributed by atoms with Crippen LogP contribution in [-0.4, -0.2) is 68.3 Å². The summed E-state index contributed by atoms with van der Waals surface area (Å²) >= 11 is 0. The molecule has 1 saturated heterocycles. The van der Waals surface area contributed by atoms with Crippen LogP contribution in [0.2, 0.25) is 0 Å². The third-order valence-corrected chi connectivity index (χ3v) is 10.7. The number of H-pyrrole nitrogens is 1. The summed E-state index contributed by atoms with van der Waals surface area (Å²) in [4.78, 5) is 63.3. The molecule has 12 nitrogen and oxygen atoms in total. The summed E-state index contributed by atoms with van der Waals surface area (Å²) in [5.74, 6) is -4.57. The molecular formula is C30H34F2N2O10. The van der Waals surface area contributed by atoms with Crippen molar-refractivity contribution in [2.24, 2.45) is 22.7 Å². The van der Waals surface area contributed by atoms with Gasteiger partial charge in [0.1, 0.15) is 0 Å². The van der Waals surface area contributed by atoms with E-state index in [-0.39, 0.29) is 18.6 Å². The highest BCUT2D eigenvalue weighted by Crippen LogP contribution is 2.72. The van der Waals surface area contributed by atoms with Gasteiger partial charge in [0, 0.05) is 16.7 Å². The summed E-state index contributed by atoms with van der Waals surface area (Å²) in [5, 5.41) is 11.6. The summed E-state index contributed by atoms with van der Waals surface area (Å²) in [7, 11) is 0. The fraction of sp³-hybridized carbons (Fsp3) is 0.633. The number of aliphatic hydroxyl groups excluding tert-OH is 1. The predicted molar refractivity (Wildman–Crippen MR) is 145 cm³/mol. The Morgan fingerprint density at radius 1 is 1.16 bits per heavy atom. The molecule has 0 bridgehead atoms. The molecule has 0 aromatic carbocycles. The van der Waals surface area contributed by atoms with Crippen LogP contribution < -0.4 is 11.2 Å². The molecule has 14 heteroatoms. The van der Waals surface area contributed by atoms with E-state index in [2.05, 4.69) is 0 Å². The van der Waals surface area contributed by atoms with Gasteiger partial charge in [0.05, 0.1) is 18.4 Å². The maximum Gasteiger partial charge on any atom is 0.510 e. The number of nitrogens with one attached hydrogen (secondary N) is 1.